The highest BCUT2D eigenvalue weighted by Gasteiger charge is 2.25. The molecule has 0 unspecified atom stereocenters. The van der Waals surface area contributed by atoms with Crippen LogP contribution in [0.15, 0.2) is 59.4 Å². The Kier molecular flexibility index (Phi) is 3.57. The Morgan fingerprint density at radius 2 is 2.08 bits per heavy atom. The van der Waals surface area contributed by atoms with Crippen molar-refractivity contribution in [1.82, 2.24) is 9.38 Å². The summed E-state index contributed by atoms with van der Waals surface area (Å²) in [6.45, 7) is 1.90. The van der Waals surface area contributed by atoms with Crippen LogP contribution >= 0.6 is 0 Å². The molecule has 3 heterocycles. The van der Waals surface area contributed by atoms with E-state index in [4.69, 9.17) is 9.47 Å². The van der Waals surface area contributed by atoms with Gasteiger partial charge in [0.1, 0.15) is 11.4 Å². The summed E-state index contributed by atoms with van der Waals surface area (Å²) < 4.78 is 12.4. The summed E-state index contributed by atoms with van der Waals surface area (Å²) >= 11 is 0. The van der Waals surface area contributed by atoms with Crippen molar-refractivity contribution >= 4 is 23.6 Å². The lowest BCUT2D eigenvalue weighted by Gasteiger charge is -2.02. The van der Waals surface area contributed by atoms with Gasteiger partial charge in [0.05, 0.1) is 18.5 Å². The summed E-state index contributed by atoms with van der Waals surface area (Å²) in [6.07, 6.45) is 3.60. The van der Waals surface area contributed by atoms with Crippen molar-refractivity contribution in [3.63, 3.8) is 0 Å². The summed E-state index contributed by atoms with van der Waals surface area (Å²) in [7, 11) is 1.58. The molecule has 1 aromatic carbocycles. The number of esters is 1. The van der Waals surface area contributed by atoms with Gasteiger partial charge >= 0.3 is 5.97 Å². The number of hydrogen-bond acceptors (Lipinski definition) is 5. The number of fused-ring (bicyclic) bond motifs is 1. The lowest BCUT2D eigenvalue weighted by molar-refractivity contribution is -0.129. The van der Waals surface area contributed by atoms with Crippen LogP contribution in [0, 0.1) is 6.92 Å². The smallest absolute Gasteiger partial charge is 0.363 e. The van der Waals surface area contributed by atoms with Crippen molar-refractivity contribution in [2.75, 3.05) is 7.11 Å². The maximum absolute atomic E-state index is 12.2. The first-order valence-electron chi connectivity index (χ1n) is 7.76. The first-order chi connectivity index (χ1) is 12.2. The van der Waals surface area contributed by atoms with Crippen LogP contribution in [-0.4, -0.2) is 28.4 Å². The van der Waals surface area contributed by atoms with Gasteiger partial charge in [-0.1, -0.05) is 12.1 Å². The quantitative estimate of drug-likeness (QED) is 0.546. The minimum absolute atomic E-state index is 0.242. The number of methoxy groups -OCH3 is 1. The first kappa shape index (κ1) is 15.1. The molecule has 0 saturated carbocycles. The molecule has 0 radical (unpaired) electrons. The van der Waals surface area contributed by atoms with Gasteiger partial charge in [-0.25, -0.2) is 14.8 Å². The lowest BCUT2D eigenvalue weighted by atomic mass is 10.2. The maximum atomic E-state index is 12.2. The molecule has 4 rings (SSSR count). The predicted octanol–water partition coefficient (Wildman–Crippen LogP) is 3.00. The number of aliphatic imine (C=N–C) groups is 1. The average Bonchev–Trinajstić information content (AvgIpc) is 3.16. The van der Waals surface area contributed by atoms with Crippen LogP contribution < -0.4 is 4.74 Å². The minimum Gasteiger partial charge on any atom is -0.497 e. The van der Waals surface area contributed by atoms with Crippen molar-refractivity contribution in [3.8, 4) is 5.75 Å². The van der Waals surface area contributed by atoms with Gasteiger partial charge in [-0.05, 0) is 43.3 Å². The Morgan fingerprint density at radius 3 is 2.92 bits per heavy atom. The van der Waals surface area contributed by atoms with Gasteiger partial charge in [0, 0.05) is 11.8 Å². The fraction of sp³-hybridized carbons (Fsp3) is 0.105. The van der Waals surface area contributed by atoms with Gasteiger partial charge in [0.25, 0.3) is 0 Å². The highest BCUT2D eigenvalue weighted by Crippen LogP contribution is 2.23. The number of ether oxygens (including phenoxy) is 2. The number of hydrogen-bond donors (Lipinski definition) is 0. The van der Waals surface area contributed by atoms with Crippen molar-refractivity contribution in [2.45, 2.75) is 6.92 Å². The lowest BCUT2D eigenvalue weighted by Crippen LogP contribution is -2.05. The van der Waals surface area contributed by atoms with E-state index in [1.165, 1.54) is 0 Å². The molecule has 1 aliphatic rings. The van der Waals surface area contributed by atoms with Crippen LogP contribution in [0.3, 0.4) is 0 Å². The van der Waals surface area contributed by atoms with E-state index < -0.39 is 5.97 Å². The Hall–Kier alpha value is -3.41. The summed E-state index contributed by atoms with van der Waals surface area (Å²) in [5.74, 6) is 0.455. The summed E-state index contributed by atoms with van der Waals surface area (Å²) in [4.78, 5) is 21.0. The number of carbonyl (C=O) groups is 1. The van der Waals surface area contributed by atoms with Crippen LogP contribution in [-0.2, 0) is 9.53 Å². The third-order valence-electron chi connectivity index (χ3n) is 3.96. The minimum atomic E-state index is -0.483. The summed E-state index contributed by atoms with van der Waals surface area (Å²) in [5.41, 5.74) is 3.36. The second-order valence-corrected chi connectivity index (χ2v) is 5.58. The first-order valence-corrected chi connectivity index (χ1v) is 7.76. The summed E-state index contributed by atoms with van der Waals surface area (Å²) in [5, 5.41) is 0. The average molecular weight is 333 g/mol. The third-order valence-corrected chi connectivity index (χ3v) is 3.96. The van der Waals surface area contributed by atoms with Gasteiger partial charge in [0.15, 0.2) is 5.70 Å². The number of aryl methyl sites for hydroxylation is 1. The fourth-order valence-corrected chi connectivity index (χ4v) is 2.72. The standard InChI is InChI=1S/C19H15N3O3/c1-12-16(22-9-4-3-8-17(22)20-12)11-15-19(23)25-18(21-15)13-6-5-7-14(10-13)24-2/h3-11H,1-2H3/b15-11-. The molecule has 0 spiro atoms. The molecular weight excluding hydrogens is 318 g/mol. The van der Waals surface area contributed by atoms with Gasteiger partial charge < -0.3 is 9.47 Å². The second-order valence-electron chi connectivity index (χ2n) is 5.58. The van der Waals surface area contributed by atoms with E-state index in [1.54, 1.807) is 19.3 Å². The molecule has 0 saturated heterocycles. The Labute approximate surface area is 144 Å². The molecule has 6 nitrogen and oxygen atoms in total. The van der Waals surface area contributed by atoms with E-state index in [0.29, 0.717) is 11.3 Å². The van der Waals surface area contributed by atoms with E-state index in [1.807, 2.05) is 53.9 Å². The van der Waals surface area contributed by atoms with Crippen LogP contribution in [0.4, 0.5) is 0 Å². The highest BCUT2D eigenvalue weighted by atomic mass is 16.6. The fourth-order valence-electron chi connectivity index (χ4n) is 2.72. The molecular formula is C19H15N3O3. The number of imidazole rings is 1. The van der Waals surface area contributed by atoms with Crippen molar-refractivity contribution in [2.24, 2.45) is 4.99 Å². The molecule has 0 amide bonds. The van der Waals surface area contributed by atoms with E-state index in [0.717, 1.165) is 17.0 Å². The van der Waals surface area contributed by atoms with Crippen LogP contribution in [0.25, 0.3) is 11.7 Å². The highest BCUT2D eigenvalue weighted by molar-refractivity contribution is 6.13. The van der Waals surface area contributed by atoms with Gasteiger partial charge in [-0.2, -0.15) is 0 Å². The molecule has 0 aliphatic carbocycles. The number of aromatic nitrogens is 2. The third kappa shape index (κ3) is 2.67. The number of rotatable bonds is 3. The number of pyridine rings is 1. The zero-order chi connectivity index (χ0) is 17.4. The van der Waals surface area contributed by atoms with E-state index >= 15 is 0 Å². The van der Waals surface area contributed by atoms with E-state index in [9.17, 15) is 4.79 Å². The van der Waals surface area contributed by atoms with Crippen molar-refractivity contribution in [3.05, 3.63) is 71.3 Å². The SMILES string of the molecule is COc1cccc(C2=N/C(=C\c3c(C)nc4ccccn34)C(=O)O2)c1. The maximum Gasteiger partial charge on any atom is 0.363 e. The van der Waals surface area contributed by atoms with Crippen LogP contribution in [0.1, 0.15) is 17.0 Å². The number of carbonyl (C=O) groups excluding carboxylic acids is 1. The topological polar surface area (TPSA) is 65.2 Å². The molecule has 25 heavy (non-hydrogen) atoms. The second kappa shape index (κ2) is 5.90. The largest absolute Gasteiger partial charge is 0.497 e. The Morgan fingerprint density at radius 1 is 1.20 bits per heavy atom. The van der Waals surface area contributed by atoms with Crippen molar-refractivity contribution in [1.29, 1.82) is 0 Å². The monoisotopic (exact) mass is 333 g/mol. The molecule has 0 fully saturated rings. The molecule has 3 aromatic rings. The van der Waals surface area contributed by atoms with E-state index in [2.05, 4.69) is 9.98 Å². The molecule has 2 aromatic heterocycles. The van der Waals surface area contributed by atoms with Gasteiger partial charge in [-0.3, -0.25) is 4.40 Å². The Balaban J connectivity index is 1.77. The van der Waals surface area contributed by atoms with Gasteiger partial charge in [-0.15, -0.1) is 0 Å². The number of benzene rings is 1. The van der Waals surface area contributed by atoms with Crippen molar-refractivity contribution < 1.29 is 14.3 Å². The molecule has 124 valence electrons. The Bertz CT molecular complexity index is 1050. The zero-order valence-electron chi connectivity index (χ0n) is 13.8. The van der Waals surface area contributed by atoms with Gasteiger partial charge in [0.2, 0.25) is 5.90 Å². The van der Waals surface area contributed by atoms with Crippen LogP contribution in [0.2, 0.25) is 0 Å². The number of nitrogens with zero attached hydrogens (tertiary/aromatic N) is 3. The van der Waals surface area contributed by atoms with Crippen LogP contribution in [0.5, 0.6) is 5.75 Å². The van der Waals surface area contributed by atoms with E-state index in [-0.39, 0.29) is 11.6 Å². The molecule has 0 bridgehead atoms. The molecule has 0 N–H and O–H groups in total. The predicted molar refractivity (Wildman–Crippen MR) is 93.5 cm³/mol. The summed E-state index contributed by atoms with van der Waals surface area (Å²) in [6, 6.07) is 13.0. The number of cyclic esters (lactones) is 1. The zero-order valence-corrected chi connectivity index (χ0v) is 13.8. The molecule has 0 atom stereocenters. The normalized spacial score (nSPS) is 15.5. The molecule has 1 aliphatic heterocycles. The molecule has 6 heteroatoms.